The summed E-state index contributed by atoms with van der Waals surface area (Å²) < 4.78 is 1.80. The molecule has 2 rings (SSSR count). The van der Waals surface area contributed by atoms with E-state index in [9.17, 15) is 4.79 Å². The fourth-order valence-electron chi connectivity index (χ4n) is 2.62. The van der Waals surface area contributed by atoms with Crippen LogP contribution >= 0.6 is 0 Å². The third-order valence-electron chi connectivity index (χ3n) is 3.54. The number of nitrogens with zero attached hydrogens (tertiary/aromatic N) is 3. The van der Waals surface area contributed by atoms with Gasteiger partial charge in [0.05, 0.1) is 5.69 Å². The topological polar surface area (TPSA) is 64.2 Å². The molecule has 100 valence electrons. The van der Waals surface area contributed by atoms with Crippen molar-refractivity contribution < 1.29 is 4.79 Å². The molecule has 0 bridgehead atoms. The van der Waals surface area contributed by atoms with Gasteiger partial charge in [-0.2, -0.15) is 5.10 Å². The molecule has 5 heteroatoms. The lowest BCUT2D eigenvalue weighted by molar-refractivity contribution is -0.135. The van der Waals surface area contributed by atoms with Gasteiger partial charge in [-0.3, -0.25) is 9.48 Å². The molecule has 5 nitrogen and oxygen atoms in total. The number of rotatable bonds is 2. The summed E-state index contributed by atoms with van der Waals surface area (Å²) in [7, 11) is 0. The van der Waals surface area contributed by atoms with Crippen LogP contribution in [0.5, 0.6) is 0 Å². The second kappa shape index (κ2) is 5.10. The lowest BCUT2D eigenvalue weighted by atomic mass is 10.1. The van der Waals surface area contributed by atoms with Gasteiger partial charge in [-0.15, -0.1) is 0 Å². The molecule has 1 fully saturated rings. The van der Waals surface area contributed by atoms with E-state index in [0.717, 1.165) is 30.8 Å². The lowest BCUT2D eigenvalue weighted by Gasteiger charge is -2.32. The van der Waals surface area contributed by atoms with Crippen molar-refractivity contribution in [3.63, 3.8) is 0 Å². The smallest absolute Gasteiger partial charge is 0.247 e. The van der Waals surface area contributed by atoms with Crippen LogP contribution < -0.4 is 5.73 Å². The zero-order chi connectivity index (χ0) is 13.3. The molecular weight excluding hydrogens is 228 g/mol. The second-order valence-corrected chi connectivity index (χ2v) is 5.23. The number of hydrogen-bond acceptors (Lipinski definition) is 3. The maximum absolute atomic E-state index is 12.4. The third-order valence-corrected chi connectivity index (χ3v) is 3.54. The van der Waals surface area contributed by atoms with Gasteiger partial charge in [-0.1, -0.05) is 0 Å². The first-order valence-electron chi connectivity index (χ1n) is 6.56. The fraction of sp³-hybridized carbons (Fsp3) is 0.692. The Morgan fingerprint density at radius 3 is 2.83 bits per heavy atom. The Morgan fingerprint density at radius 1 is 1.56 bits per heavy atom. The molecule has 1 aliphatic rings. The molecule has 0 saturated carbocycles. The van der Waals surface area contributed by atoms with Crippen LogP contribution in [-0.4, -0.2) is 39.7 Å². The van der Waals surface area contributed by atoms with Gasteiger partial charge in [0.1, 0.15) is 6.04 Å². The minimum absolute atomic E-state index is 0.121. The summed E-state index contributed by atoms with van der Waals surface area (Å²) in [5, 5.41) is 4.38. The highest BCUT2D eigenvalue weighted by Crippen LogP contribution is 2.17. The maximum Gasteiger partial charge on any atom is 0.247 e. The van der Waals surface area contributed by atoms with E-state index in [1.54, 1.807) is 4.68 Å². The van der Waals surface area contributed by atoms with Crippen molar-refractivity contribution in [2.45, 2.75) is 45.7 Å². The molecule has 0 aromatic carbocycles. The van der Waals surface area contributed by atoms with Gasteiger partial charge in [-0.05, 0) is 39.7 Å². The number of likely N-dealkylation sites (tertiary alicyclic amines) is 1. The third kappa shape index (κ3) is 2.56. The molecule has 1 saturated heterocycles. The molecule has 1 aromatic heterocycles. The minimum atomic E-state index is -0.246. The average Bonchev–Trinajstić information content (AvgIpc) is 2.66. The van der Waals surface area contributed by atoms with Gasteiger partial charge in [0, 0.05) is 24.8 Å². The van der Waals surface area contributed by atoms with E-state index in [-0.39, 0.29) is 18.0 Å². The van der Waals surface area contributed by atoms with E-state index in [4.69, 9.17) is 5.73 Å². The molecule has 0 radical (unpaired) electrons. The largest absolute Gasteiger partial charge is 0.339 e. The van der Waals surface area contributed by atoms with E-state index in [1.807, 2.05) is 31.7 Å². The number of carbonyl (C=O) groups is 1. The van der Waals surface area contributed by atoms with E-state index in [1.165, 1.54) is 0 Å². The standard InChI is InChI=1S/C13H22N4O/c1-9-7-10(2)17(15-9)11(3)13(18)16-6-4-5-12(14)8-16/h7,11-12H,4-6,8,14H2,1-3H3/t11-,12+/m1/s1. The van der Waals surface area contributed by atoms with Crippen LogP contribution in [0.3, 0.4) is 0 Å². The van der Waals surface area contributed by atoms with Gasteiger partial charge in [0.2, 0.25) is 5.91 Å². The van der Waals surface area contributed by atoms with Gasteiger partial charge in [0.25, 0.3) is 0 Å². The lowest BCUT2D eigenvalue weighted by Crippen LogP contribution is -2.47. The SMILES string of the molecule is Cc1cc(C)n([C@H](C)C(=O)N2CCC[C@H](N)C2)n1. The summed E-state index contributed by atoms with van der Waals surface area (Å²) in [6, 6.07) is 1.87. The predicted molar refractivity (Wildman–Crippen MR) is 70.2 cm³/mol. The van der Waals surface area contributed by atoms with Crippen LogP contribution in [0, 0.1) is 13.8 Å². The molecular formula is C13H22N4O. The normalized spacial score (nSPS) is 22.0. The summed E-state index contributed by atoms with van der Waals surface area (Å²) in [5.41, 5.74) is 7.89. The fourth-order valence-corrected chi connectivity index (χ4v) is 2.62. The number of nitrogens with two attached hydrogens (primary N) is 1. The van der Waals surface area contributed by atoms with Crippen LogP contribution in [-0.2, 0) is 4.79 Å². The molecule has 1 amide bonds. The van der Waals surface area contributed by atoms with E-state index in [0.29, 0.717) is 6.54 Å². The van der Waals surface area contributed by atoms with Crippen LogP contribution in [0.1, 0.15) is 37.2 Å². The summed E-state index contributed by atoms with van der Waals surface area (Å²) in [5.74, 6) is 0.122. The summed E-state index contributed by atoms with van der Waals surface area (Å²) >= 11 is 0. The Morgan fingerprint density at radius 2 is 2.28 bits per heavy atom. The zero-order valence-electron chi connectivity index (χ0n) is 11.4. The van der Waals surface area contributed by atoms with Gasteiger partial charge in [0.15, 0.2) is 0 Å². The first-order valence-corrected chi connectivity index (χ1v) is 6.56. The summed E-state index contributed by atoms with van der Waals surface area (Å²) in [6.45, 7) is 7.31. The minimum Gasteiger partial charge on any atom is -0.339 e. The van der Waals surface area contributed by atoms with Crippen molar-refractivity contribution >= 4 is 5.91 Å². The summed E-state index contributed by atoms with van der Waals surface area (Å²) in [6.07, 6.45) is 2.01. The van der Waals surface area contributed by atoms with Crippen LogP contribution in [0.15, 0.2) is 6.07 Å². The summed E-state index contributed by atoms with van der Waals surface area (Å²) in [4.78, 5) is 14.3. The highest BCUT2D eigenvalue weighted by Gasteiger charge is 2.27. The molecule has 0 aliphatic carbocycles. The number of hydrogen-bond donors (Lipinski definition) is 1. The van der Waals surface area contributed by atoms with Gasteiger partial charge >= 0.3 is 0 Å². The van der Waals surface area contributed by atoms with E-state index in [2.05, 4.69) is 5.10 Å². The maximum atomic E-state index is 12.4. The Bertz CT molecular complexity index is 440. The first-order chi connectivity index (χ1) is 8.49. The van der Waals surface area contributed by atoms with E-state index < -0.39 is 0 Å². The number of aryl methyl sites for hydroxylation is 2. The van der Waals surface area contributed by atoms with E-state index >= 15 is 0 Å². The van der Waals surface area contributed by atoms with Crippen molar-refractivity contribution in [2.75, 3.05) is 13.1 Å². The van der Waals surface area contributed by atoms with Crippen LogP contribution in [0.2, 0.25) is 0 Å². The number of piperidine rings is 1. The van der Waals surface area contributed by atoms with Gasteiger partial charge in [-0.25, -0.2) is 0 Å². The van der Waals surface area contributed by atoms with Crippen molar-refractivity contribution in [3.8, 4) is 0 Å². The molecule has 2 N–H and O–H groups in total. The van der Waals surface area contributed by atoms with Crippen LogP contribution in [0.25, 0.3) is 0 Å². The highest BCUT2D eigenvalue weighted by atomic mass is 16.2. The molecule has 1 aliphatic heterocycles. The van der Waals surface area contributed by atoms with Crippen molar-refractivity contribution in [1.82, 2.24) is 14.7 Å². The number of carbonyl (C=O) groups excluding carboxylic acids is 1. The predicted octanol–water partition coefficient (Wildman–Crippen LogP) is 1.01. The van der Waals surface area contributed by atoms with Crippen molar-refractivity contribution in [3.05, 3.63) is 17.5 Å². The Labute approximate surface area is 108 Å². The quantitative estimate of drug-likeness (QED) is 0.852. The van der Waals surface area contributed by atoms with Crippen LogP contribution in [0.4, 0.5) is 0 Å². The van der Waals surface area contributed by atoms with Crippen molar-refractivity contribution in [2.24, 2.45) is 5.73 Å². The average molecular weight is 250 g/mol. The first kappa shape index (κ1) is 13.1. The zero-order valence-corrected chi connectivity index (χ0v) is 11.4. The molecule has 2 atom stereocenters. The Hall–Kier alpha value is -1.36. The highest BCUT2D eigenvalue weighted by molar-refractivity contribution is 5.80. The van der Waals surface area contributed by atoms with Gasteiger partial charge < -0.3 is 10.6 Å². The molecule has 0 spiro atoms. The Kier molecular flexibility index (Phi) is 3.71. The Balaban J connectivity index is 2.11. The second-order valence-electron chi connectivity index (χ2n) is 5.23. The number of amides is 1. The number of aromatic nitrogens is 2. The van der Waals surface area contributed by atoms with Crippen molar-refractivity contribution in [1.29, 1.82) is 0 Å². The molecule has 1 aromatic rings. The molecule has 2 heterocycles. The molecule has 0 unspecified atom stereocenters. The monoisotopic (exact) mass is 250 g/mol. The molecule has 18 heavy (non-hydrogen) atoms.